The number of benzene rings is 1. The minimum Gasteiger partial charge on any atom is -0.480 e. The summed E-state index contributed by atoms with van der Waals surface area (Å²) >= 11 is 3.68. The molecule has 3 heterocycles. The number of ether oxygens (including phenoxy) is 2. The second-order valence-corrected chi connectivity index (χ2v) is 8.47. The van der Waals surface area contributed by atoms with Crippen LogP contribution in [0.2, 0.25) is 0 Å². The Morgan fingerprint density at radius 2 is 2.10 bits per heavy atom. The number of nitrogens with zero attached hydrogens (tertiary/aromatic N) is 4. The van der Waals surface area contributed by atoms with E-state index in [1.54, 1.807) is 0 Å². The number of fused-ring (bicyclic) bond motifs is 2. The molecule has 0 fully saturated rings. The van der Waals surface area contributed by atoms with Gasteiger partial charge in [-0.3, -0.25) is 4.79 Å². The van der Waals surface area contributed by atoms with Gasteiger partial charge in [0.25, 0.3) is 0 Å². The molecule has 1 aliphatic rings. The molecule has 12 heteroatoms. The van der Waals surface area contributed by atoms with Gasteiger partial charge in [-0.1, -0.05) is 11.8 Å². The van der Waals surface area contributed by atoms with Gasteiger partial charge < -0.3 is 30.6 Å². The molecule has 3 aromatic rings. The first kappa shape index (κ1) is 20.0. The summed E-state index contributed by atoms with van der Waals surface area (Å²) in [7, 11) is 0. The quantitative estimate of drug-likeness (QED) is 0.389. The van der Waals surface area contributed by atoms with Crippen LogP contribution in [0.3, 0.4) is 0 Å². The molecule has 4 rings (SSSR count). The number of halogens is 1. The van der Waals surface area contributed by atoms with E-state index in [4.69, 9.17) is 26.0 Å². The van der Waals surface area contributed by atoms with E-state index in [0.717, 1.165) is 8.47 Å². The molecule has 29 heavy (non-hydrogen) atoms. The van der Waals surface area contributed by atoms with Gasteiger partial charge in [0.2, 0.25) is 6.79 Å². The summed E-state index contributed by atoms with van der Waals surface area (Å²) in [6.07, 6.45) is 2.27. The smallest absolute Gasteiger partial charge is 0.320 e. The molecule has 0 radical (unpaired) electrons. The summed E-state index contributed by atoms with van der Waals surface area (Å²) in [4.78, 5) is 24.9. The van der Waals surface area contributed by atoms with Crippen molar-refractivity contribution in [2.24, 2.45) is 5.73 Å². The standard InChI is InChI=1S/C17H17IN6O4S/c18-8-4-10-11(28-7-27-10)5-12(8)29-17-23-13-14(20)21-6-22-15(13)24(17)3-1-2-9(19)16(25)26/h4-6,9H,1-3,7,19H2,(H,25,26)(H2,20,21,22). The molecule has 152 valence electrons. The van der Waals surface area contributed by atoms with Crippen LogP contribution in [-0.4, -0.2) is 43.4 Å². The maximum Gasteiger partial charge on any atom is 0.320 e. The lowest BCUT2D eigenvalue weighted by molar-refractivity contribution is -0.138. The van der Waals surface area contributed by atoms with Gasteiger partial charge in [-0.05, 0) is 47.6 Å². The Bertz CT molecular complexity index is 1090. The normalized spacial score (nSPS) is 13.7. The highest BCUT2D eigenvalue weighted by molar-refractivity contribution is 14.1. The number of aromatic nitrogens is 4. The number of aryl methyl sites for hydroxylation is 1. The number of anilines is 1. The zero-order valence-corrected chi connectivity index (χ0v) is 18.0. The van der Waals surface area contributed by atoms with Gasteiger partial charge in [0.1, 0.15) is 12.4 Å². The van der Waals surface area contributed by atoms with Crippen molar-refractivity contribution in [3.05, 3.63) is 22.0 Å². The molecule has 0 amide bonds. The molecule has 0 saturated carbocycles. The molecule has 5 N–H and O–H groups in total. The summed E-state index contributed by atoms with van der Waals surface area (Å²) in [5.74, 6) is 0.669. The van der Waals surface area contributed by atoms with Gasteiger partial charge in [0.05, 0.1) is 0 Å². The molecular formula is C17H17IN6O4S. The van der Waals surface area contributed by atoms with E-state index in [1.165, 1.54) is 18.1 Å². The van der Waals surface area contributed by atoms with Crippen LogP contribution in [0.25, 0.3) is 11.2 Å². The molecule has 10 nitrogen and oxygen atoms in total. The van der Waals surface area contributed by atoms with E-state index >= 15 is 0 Å². The first-order chi connectivity index (χ1) is 13.9. The van der Waals surface area contributed by atoms with Crippen molar-refractivity contribution >= 4 is 57.3 Å². The van der Waals surface area contributed by atoms with Crippen LogP contribution < -0.4 is 20.9 Å². The van der Waals surface area contributed by atoms with E-state index in [-0.39, 0.29) is 6.79 Å². The topological polar surface area (TPSA) is 151 Å². The number of nitrogens with two attached hydrogens (primary N) is 2. The molecule has 1 aromatic carbocycles. The molecule has 1 aliphatic heterocycles. The highest BCUT2D eigenvalue weighted by Gasteiger charge is 2.21. The SMILES string of the molecule is Nc1ncnc2c1nc(Sc1cc3c(cc1I)OCO3)n2CCCC(N)C(=O)O. The fraction of sp³-hybridized carbons (Fsp3) is 0.294. The van der Waals surface area contributed by atoms with E-state index in [9.17, 15) is 4.79 Å². The fourth-order valence-electron chi connectivity index (χ4n) is 2.88. The van der Waals surface area contributed by atoms with Gasteiger partial charge in [-0.15, -0.1) is 0 Å². The Hall–Kier alpha value is -2.32. The molecule has 2 aromatic heterocycles. The summed E-state index contributed by atoms with van der Waals surface area (Å²) < 4.78 is 13.8. The number of hydrogen-bond acceptors (Lipinski definition) is 9. The number of carboxylic acids is 1. The van der Waals surface area contributed by atoms with Gasteiger partial charge in [-0.25, -0.2) is 15.0 Å². The number of carboxylic acid groups (broad SMARTS) is 1. The van der Waals surface area contributed by atoms with E-state index in [2.05, 4.69) is 37.5 Å². The van der Waals surface area contributed by atoms with Gasteiger partial charge in [0, 0.05) is 15.0 Å². The molecule has 1 unspecified atom stereocenters. The zero-order valence-electron chi connectivity index (χ0n) is 15.0. The van der Waals surface area contributed by atoms with E-state index in [0.29, 0.717) is 53.0 Å². The maximum absolute atomic E-state index is 11.0. The highest BCUT2D eigenvalue weighted by Crippen LogP contribution is 2.41. The van der Waals surface area contributed by atoms with Crippen LogP contribution in [0.4, 0.5) is 5.82 Å². The lowest BCUT2D eigenvalue weighted by Crippen LogP contribution is -2.30. The minimum atomic E-state index is -1.02. The molecule has 0 spiro atoms. The van der Waals surface area contributed by atoms with Crippen LogP contribution in [0.5, 0.6) is 11.5 Å². The van der Waals surface area contributed by atoms with Crippen molar-refractivity contribution in [3.8, 4) is 11.5 Å². The largest absolute Gasteiger partial charge is 0.480 e. The third-order valence-corrected chi connectivity index (χ3v) is 6.68. The summed E-state index contributed by atoms with van der Waals surface area (Å²) in [6.45, 7) is 0.700. The van der Waals surface area contributed by atoms with Crippen molar-refractivity contribution in [1.82, 2.24) is 19.5 Å². The lowest BCUT2D eigenvalue weighted by atomic mass is 10.2. The van der Waals surface area contributed by atoms with Crippen LogP contribution in [0, 0.1) is 3.57 Å². The molecule has 0 saturated heterocycles. The fourth-order valence-corrected chi connectivity index (χ4v) is 4.59. The summed E-state index contributed by atoms with van der Waals surface area (Å²) in [6, 6.07) is 2.92. The van der Waals surface area contributed by atoms with Crippen LogP contribution in [-0.2, 0) is 11.3 Å². The third-order valence-electron chi connectivity index (χ3n) is 4.37. The van der Waals surface area contributed by atoms with Gasteiger partial charge >= 0.3 is 5.97 Å². The van der Waals surface area contributed by atoms with Crippen molar-refractivity contribution in [3.63, 3.8) is 0 Å². The average Bonchev–Trinajstić information content (AvgIpc) is 3.27. The monoisotopic (exact) mass is 528 g/mol. The minimum absolute atomic E-state index is 0.202. The molecule has 0 aliphatic carbocycles. The predicted molar refractivity (Wildman–Crippen MR) is 114 cm³/mol. The van der Waals surface area contributed by atoms with Crippen LogP contribution >= 0.6 is 34.4 Å². The number of aliphatic carboxylic acids is 1. The second-order valence-electron chi connectivity index (χ2n) is 6.30. The maximum atomic E-state index is 11.0. The molecular weight excluding hydrogens is 511 g/mol. The average molecular weight is 528 g/mol. The Morgan fingerprint density at radius 1 is 1.34 bits per heavy atom. The van der Waals surface area contributed by atoms with Crippen LogP contribution in [0.1, 0.15) is 12.8 Å². The lowest BCUT2D eigenvalue weighted by Gasteiger charge is -2.11. The number of rotatable bonds is 7. The molecule has 0 bridgehead atoms. The zero-order chi connectivity index (χ0) is 20.5. The Kier molecular flexibility index (Phi) is 5.65. The Balaban J connectivity index is 1.66. The Labute approximate surface area is 183 Å². The predicted octanol–water partition coefficient (Wildman–Crippen LogP) is 2.09. The second kappa shape index (κ2) is 8.20. The van der Waals surface area contributed by atoms with Crippen molar-refractivity contribution in [1.29, 1.82) is 0 Å². The van der Waals surface area contributed by atoms with Crippen molar-refractivity contribution in [2.75, 3.05) is 12.5 Å². The number of imidazole rings is 1. The summed E-state index contributed by atoms with van der Waals surface area (Å²) in [5, 5.41) is 9.67. The Morgan fingerprint density at radius 3 is 2.86 bits per heavy atom. The van der Waals surface area contributed by atoms with E-state index < -0.39 is 12.0 Å². The van der Waals surface area contributed by atoms with Crippen molar-refractivity contribution < 1.29 is 19.4 Å². The first-order valence-corrected chi connectivity index (χ1v) is 10.6. The summed E-state index contributed by atoms with van der Waals surface area (Å²) in [5.41, 5.74) is 12.7. The number of hydrogen-bond donors (Lipinski definition) is 3. The van der Waals surface area contributed by atoms with Crippen molar-refractivity contribution in [2.45, 2.75) is 35.5 Å². The molecule has 1 atom stereocenters. The first-order valence-electron chi connectivity index (χ1n) is 8.66. The van der Waals surface area contributed by atoms with Crippen LogP contribution in [0.15, 0.2) is 28.5 Å². The van der Waals surface area contributed by atoms with Gasteiger partial charge in [0.15, 0.2) is 33.6 Å². The number of carbonyl (C=O) groups is 1. The third kappa shape index (κ3) is 4.04. The number of nitrogen functional groups attached to an aromatic ring is 1. The van der Waals surface area contributed by atoms with Gasteiger partial charge in [-0.2, -0.15) is 0 Å². The van der Waals surface area contributed by atoms with E-state index in [1.807, 2.05) is 16.7 Å². The highest BCUT2D eigenvalue weighted by atomic mass is 127.